The molecule has 2 saturated heterocycles. The second kappa shape index (κ2) is 11.5. The fourth-order valence-electron chi connectivity index (χ4n) is 4.88. The van der Waals surface area contributed by atoms with E-state index in [9.17, 15) is 4.79 Å². The summed E-state index contributed by atoms with van der Waals surface area (Å²) < 4.78 is 24.3. The molecule has 0 bridgehead atoms. The van der Waals surface area contributed by atoms with E-state index >= 15 is 0 Å². The second-order valence-electron chi connectivity index (χ2n) is 11.1. The van der Waals surface area contributed by atoms with E-state index in [-0.39, 0.29) is 37.0 Å². The summed E-state index contributed by atoms with van der Waals surface area (Å²) >= 11 is 0. The lowest BCUT2D eigenvalue weighted by Gasteiger charge is -2.32. The normalized spacial score (nSPS) is 24.7. The Bertz CT molecular complexity index is 968. The maximum Gasteiger partial charge on any atom is 0.457 e. The molecule has 2 aromatic carbocycles. The minimum atomic E-state index is -0.744. The fourth-order valence-corrected chi connectivity index (χ4v) is 4.88. The van der Waals surface area contributed by atoms with E-state index in [0.717, 1.165) is 30.3 Å². The monoisotopic (exact) mass is 493 g/mol. The Morgan fingerprint density at radius 1 is 0.917 bits per heavy atom. The van der Waals surface area contributed by atoms with E-state index in [1.54, 1.807) is 0 Å². The molecule has 2 heterocycles. The summed E-state index contributed by atoms with van der Waals surface area (Å²) in [7, 11) is -0.213. The predicted molar refractivity (Wildman–Crippen MR) is 141 cm³/mol. The summed E-state index contributed by atoms with van der Waals surface area (Å²) in [6, 6.07) is 19.9. The highest BCUT2D eigenvalue weighted by Crippen LogP contribution is 2.38. The third-order valence-electron chi connectivity index (χ3n) is 7.77. The molecule has 2 atom stereocenters. The first kappa shape index (κ1) is 26.9. The van der Waals surface area contributed by atoms with E-state index in [1.807, 2.05) is 48.5 Å². The van der Waals surface area contributed by atoms with Crippen LogP contribution in [0.25, 0.3) is 0 Å². The fraction of sp³-hybridized carbons (Fsp3) is 0.552. The van der Waals surface area contributed by atoms with Gasteiger partial charge in [-0.15, -0.1) is 0 Å². The molecule has 0 saturated carbocycles. The van der Waals surface area contributed by atoms with Gasteiger partial charge in [-0.1, -0.05) is 73.5 Å². The number of hydrogen-bond acceptors (Lipinski definition) is 6. The van der Waals surface area contributed by atoms with Gasteiger partial charge in [0.15, 0.2) is 0 Å². The van der Waals surface area contributed by atoms with Gasteiger partial charge in [-0.25, -0.2) is 0 Å². The van der Waals surface area contributed by atoms with E-state index < -0.39 is 5.54 Å². The number of rotatable bonds is 11. The highest BCUT2D eigenvalue weighted by Gasteiger charge is 2.51. The molecule has 2 aromatic rings. The molecule has 36 heavy (non-hydrogen) atoms. The molecule has 4 rings (SSSR count). The van der Waals surface area contributed by atoms with Gasteiger partial charge in [-0.2, -0.15) is 0 Å². The van der Waals surface area contributed by atoms with Crippen molar-refractivity contribution in [2.24, 2.45) is 0 Å². The van der Waals surface area contributed by atoms with Gasteiger partial charge in [0.2, 0.25) is 0 Å². The Kier molecular flexibility index (Phi) is 8.56. The van der Waals surface area contributed by atoms with Crippen molar-refractivity contribution in [3.05, 3.63) is 71.8 Å². The van der Waals surface area contributed by atoms with Crippen LogP contribution in [0.15, 0.2) is 60.7 Å². The predicted octanol–water partition coefficient (Wildman–Crippen LogP) is 5.31. The number of carbonyl (C=O) groups excluding carboxylic acids is 1. The van der Waals surface area contributed by atoms with Gasteiger partial charge >= 0.3 is 13.1 Å². The maximum absolute atomic E-state index is 13.4. The molecular weight excluding hydrogens is 453 g/mol. The topological polar surface area (TPSA) is 66.0 Å². The van der Waals surface area contributed by atoms with Crippen LogP contribution in [0, 0.1) is 0 Å². The van der Waals surface area contributed by atoms with Crippen molar-refractivity contribution in [3.8, 4) is 0 Å². The zero-order chi connectivity index (χ0) is 25.7. The van der Waals surface area contributed by atoms with Crippen molar-refractivity contribution in [1.82, 2.24) is 5.32 Å². The van der Waals surface area contributed by atoms with Crippen LogP contribution in [-0.4, -0.2) is 42.5 Å². The smallest absolute Gasteiger partial charge is 0.457 e. The van der Waals surface area contributed by atoms with Gasteiger partial charge in [0.05, 0.1) is 23.9 Å². The van der Waals surface area contributed by atoms with Crippen LogP contribution in [-0.2, 0) is 36.8 Å². The van der Waals surface area contributed by atoms with Gasteiger partial charge in [0.25, 0.3) is 0 Å². The van der Waals surface area contributed by atoms with Crippen molar-refractivity contribution in [2.45, 2.75) is 95.8 Å². The molecule has 0 radical (unpaired) electrons. The lowest BCUT2D eigenvalue weighted by Crippen LogP contribution is -2.48. The highest BCUT2D eigenvalue weighted by molar-refractivity contribution is 6.45. The molecule has 194 valence electrons. The zero-order valence-corrected chi connectivity index (χ0v) is 22.1. The Hall–Kier alpha value is -2.19. The molecule has 0 spiro atoms. The summed E-state index contributed by atoms with van der Waals surface area (Å²) in [5.41, 5.74) is 0.722. The average Bonchev–Trinajstić information content (AvgIpc) is 3.37. The van der Waals surface area contributed by atoms with Gasteiger partial charge in [0, 0.05) is 13.0 Å². The number of carbonyl (C=O) groups is 1. The number of esters is 1. The third kappa shape index (κ3) is 6.57. The molecule has 0 amide bonds. The van der Waals surface area contributed by atoms with Gasteiger partial charge in [-0.3, -0.25) is 10.1 Å². The van der Waals surface area contributed by atoms with E-state index in [4.69, 9.17) is 18.8 Å². The molecule has 1 N–H and O–H groups in total. The van der Waals surface area contributed by atoms with Crippen molar-refractivity contribution in [3.63, 3.8) is 0 Å². The number of hydrogen-bond donors (Lipinski definition) is 1. The molecule has 6 nitrogen and oxygen atoms in total. The molecule has 2 aliphatic rings. The summed E-state index contributed by atoms with van der Waals surface area (Å²) in [5.74, 6) is -0.201. The van der Waals surface area contributed by atoms with Crippen molar-refractivity contribution >= 4 is 13.1 Å². The second-order valence-corrected chi connectivity index (χ2v) is 11.1. The molecular formula is C29H40BNO5. The SMILES string of the molecule is CC1(C)OB(CCCCC2(C(=O)OCc3ccccc3)CC(OCc3ccccc3)CN2)OC1(C)C. The average molecular weight is 493 g/mol. The van der Waals surface area contributed by atoms with Crippen LogP contribution < -0.4 is 5.32 Å². The summed E-state index contributed by atoms with van der Waals surface area (Å²) in [4.78, 5) is 13.4. The molecule has 7 heteroatoms. The minimum Gasteiger partial charge on any atom is -0.459 e. The van der Waals surface area contributed by atoms with Crippen molar-refractivity contribution in [1.29, 1.82) is 0 Å². The molecule has 2 fully saturated rings. The Morgan fingerprint density at radius 3 is 2.11 bits per heavy atom. The minimum absolute atomic E-state index is 0.0439. The lowest BCUT2D eigenvalue weighted by molar-refractivity contribution is -0.153. The van der Waals surface area contributed by atoms with Crippen LogP contribution in [0.1, 0.15) is 64.5 Å². The number of nitrogens with one attached hydrogen (secondary N) is 1. The van der Waals surface area contributed by atoms with Gasteiger partial charge in [0.1, 0.15) is 12.1 Å². The first-order valence-corrected chi connectivity index (χ1v) is 13.2. The summed E-state index contributed by atoms with van der Waals surface area (Å²) in [6.45, 7) is 9.72. The Balaban J connectivity index is 1.33. The van der Waals surface area contributed by atoms with Crippen LogP contribution in [0.3, 0.4) is 0 Å². The van der Waals surface area contributed by atoms with Gasteiger partial charge in [-0.05, 0) is 51.6 Å². The number of unbranched alkanes of at least 4 members (excludes halogenated alkanes) is 1. The Labute approximate surface area is 216 Å². The third-order valence-corrected chi connectivity index (χ3v) is 7.77. The lowest BCUT2D eigenvalue weighted by atomic mass is 9.80. The van der Waals surface area contributed by atoms with Crippen LogP contribution in [0.2, 0.25) is 6.32 Å². The maximum atomic E-state index is 13.4. The first-order chi connectivity index (χ1) is 17.2. The van der Waals surface area contributed by atoms with E-state index in [1.165, 1.54) is 0 Å². The summed E-state index contributed by atoms with van der Waals surface area (Å²) in [6.07, 6.45) is 3.81. The van der Waals surface area contributed by atoms with Gasteiger partial charge < -0.3 is 18.8 Å². The standard InChI is InChI=1S/C29H40BNO5/c1-27(2)28(3,4)36-30(35-27)18-12-11-17-29(26(32)34-22-24-15-9-6-10-16-24)19-25(20-31-29)33-21-23-13-7-5-8-14-23/h5-10,13-16,25,31H,11-12,17-22H2,1-4H3. The molecule has 0 aromatic heterocycles. The molecule has 0 aliphatic carbocycles. The largest absolute Gasteiger partial charge is 0.459 e. The number of benzene rings is 2. The van der Waals surface area contributed by atoms with Crippen LogP contribution in [0.5, 0.6) is 0 Å². The van der Waals surface area contributed by atoms with E-state index in [0.29, 0.717) is 26.0 Å². The quantitative estimate of drug-likeness (QED) is 0.260. The number of ether oxygens (including phenoxy) is 2. The van der Waals surface area contributed by atoms with Crippen molar-refractivity contribution in [2.75, 3.05) is 6.54 Å². The van der Waals surface area contributed by atoms with Crippen LogP contribution >= 0.6 is 0 Å². The van der Waals surface area contributed by atoms with Crippen molar-refractivity contribution < 1.29 is 23.6 Å². The zero-order valence-electron chi connectivity index (χ0n) is 22.1. The summed E-state index contributed by atoms with van der Waals surface area (Å²) in [5, 5.41) is 3.49. The van der Waals surface area contributed by atoms with Crippen LogP contribution in [0.4, 0.5) is 0 Å². The highest BCUT2D eigenvalue weighted by atomic mass is 16.7. The molecule has 2 aliphatic heterocycles. The molecule has 2 unspecified atom stereocenters. The van der Waals surface area contributed by atoms with E-state index in [2.05, 4.69) is 45.1 Å². The Morgan fingerprint density at radius 2 is 1.50 bits per heavy atom. The first-order valence-electron chi connectivity index (χ1n) is 13.2.